The lowest BCUT2D eigenvalue weighted by Gasteiger charge is -2.35. The van der Waals surface area contributed by atoms with Crippen molar-refractivity contribution >= 4 is 29.1 Å². The van der Waals surface area contributed by atoms with Gasteiger partial charge in [-0.25, -0.2) is 0 Å². The van der Waals surface area contributed by atoms with Gasteiger partial charge >= 0.3 is 0 Å². The number of hydrogen-bond donors (Lipinski definition) is 3. The molecule has 4 N–H and O–H groups in total. The Bertz CT molecular complexity index is 679. The summed E-state index contributed by atoms with van der Waals surface area (Å²) in [5, 5.41) is 6.97. The van der Waals surface area contributed by atoms with Gasteiger partial charge < -0.3 is 21.3 Å². The van der Waals surface area contributed by atoms with Crippen LogP contribution in [0.15, 0.2) is 18.2 Å². The van der Waals surface area contributed by atoms with Crippen LogP contribution >= 0.6 is 11.6 Å². The van der Waals surface area contributed by atoms with Gasteiger partial charge in [0.05, 0.1) is 0 Å². The van der Waals surface area contributed by atoms with Crippen LogP contribution in [0, 0.1) is 5.92 Å². The standard InChI is InChI=1S/C18H25ClN4O2/c1-23(2)18(25)10-3-5-15(13(20)8-10)22-17(24)16-9-11-7-12(19)4-6-14(11)21-16/h4,6-7,10,13,15-16,21H,3,5,8-9,20H2,1-2H3,(H,22,24)/t10-,13+,15-,16?/m0/s1. The molecule has 0 spiro atoms. The molecule has 136 valence electrons. The number of fused-ring (bicyclic) bond motifs is 1. The minimum absolute atomic E-state index is 0.0471. The van der Waals surface area contributed by atoms with E-state index in [0.29, 0.717) is 17.9 Å². The van der Waals surface area contributed by atoms with Crippen LogP contribution in [0.1, 0.15) is 24.8 Å². The molecule has 1 unspecified atom stereocenters. The summed E-state index contributed by atoms with van der Waals surface area (Å²) in [5.41, 5.74) is 8.24. The lowest BCUT2D eigenvalue weighted by atomic mass is 9.82. The topological polar surface area (TPSA) is 87.5 Å². The van der Waals surface area contributed by atoms with Gasteiger partial charge in [-0.3, -0.25) is 9.59 Å². The molecular formula is C18H25ClN4O2. The molecule has 1 aromatic carbocycles. The third-order valence-corrected chi connectivity index (χ3v) is 5.39. The first-order valence-electron chi connectivity index (χ1n) is 8.67. The van der Waals surface area contributed by atoms with E-state index in [1.54, 1.807) is 19.0 Å². The Balaban J connectivity index is 1.55. The van der Waals surface area contributed by atoms with Crippen molar-refractivity contribution in [2.45, 2.75) is 43.8 Å². The molecule has 6 nitrogen and oxygen atoms in total. The highest BCUT2D eigenvalue weighted by atomic mass is 35.5. The van der Waals surface area contributed by atoms with Crippen LogP contribution < -0.4 is 16.4 Å². The smallest absolute Gasteiger partial charge is 0.243 e. The summed E-state index contributed by atoms with van der Waals surface area (Å²) < 4.78 is 0. The quantitative estimate of drug-likeness (QED) is 0.756. The maximum absolute atomic E-state index is 12.6. The van der Waals surface area contributed by atoms with Crippen molar-refractivity contribution in [2.24, 2.45) is 11.7 Å². The van der Waals surface area contributed by atoms with Crippen molar-refractivity contribution in [3.8, 4) is 0 Å². The van der Waals surface area contributed by atoms with Gasteiger partial charge in [0.1, 0.15) is 6.04 Å². The molecule has 2 aliphatic rings. The van der Waals surface area contributed by atoms with E-state index in [2.05, 4.69) is 10.6 Å². The van der Waals surface area contributed by atoms with Gasteiger partial charge in [-0.1, -0.05) is 11.6 Å². The highest BCUT2D eigenvalue weighted by Gasteiger charge is 2.35. The number of nitrogens with one attached hydrogen (secondary N) is 2. The van der Waals surface area contributed by atoms with Crippen LogP contribution in [0.2, 0.25) is 5.02 Å². The first kappa shape index (κ1) is 18.0. The van der Waals surface area contributed by atoms with Gasteiger partial charge in [-0.05, 0) is 43.0 Å². The molecule has 0 aromatic heterocycles. The normalized spacial score (nSPS) is 28.0. The Morgan fingerprint density at radius 1 is 1.32 bits per heavy atom. The third kappa shape index (κ3) is 3.90. The van der Waals surface area contributed by atoms with Crippen LogP contribution in [0.3, 0.4) is 0 Å². The molecule has 7 heteroatoms. The number of benzene rings is 1. The summed E-state index contributed by atoms with van der Waals surface area (Å²) in [6.45, 7) is 0. The van der Waals surface area contributed by atoms with Gasteiger partial charge in [0, 0.05) is 49.2 Å². The maximum atomic E-state index is 12.6. The number of anilines is 1. The van der Waals surface area contributed by atoms with E-state index in [1.807, 2.05) is 18.2 Å². The molecule has 1 fully saturated rings. The first-order chi connectivity index (χ1) is 11.8. The summed E-state index contributed by atoms with van der Waals surface area (Å²) in [6.07, 6.45) is 2.70. The zero-order valence-corrected chi connectivity index (χ0v) is 15.3. The number of nitrogens with zero attached hydrogens (tertiary/aromatic N) is 1. The molecule has 0 saturated heterocycles. The number of rotatable bonds is 3. The Morgan fingerprint density at radius 3 is 2.76 bits per heavy atom. The van der Waals surface area contributed by atoms with Crippen LogP contribution in [-0.4, -0.2) is 48.9 Å². The fourth-order valence-electron chi connectivity index (χ4n) is 3.75. The fraction of sp³-hybridized carbons (Fsp3) is 0.556. The van der Waals surface area contributed by atoms with Crippen molar-refractivity contribution < 1.29 is 9.59 Å². The Hall–Kier alpha value is -1.79. The zero-order valence-electron chi connectivity index (χ0n) is 14.6. The van der Waals surface area contributed by atoms with Crippen molar-refractivity contribution in [1.29, 1.82) is 0 Å². The molecule has 1 aliphatic carbocycles. The molecule has 0 bridgehead atoms. The summed E-state index contributed by atoms with van der Waals surface area (Å²) in [4.78, 5) is 26.3. The second kappa shape index (κ2) is 7.22. The van der Waals surface area contributed by atoms with Crippen LogP contribution in [0.25, 0.3) is 0 Å². The summed E-state index contributed by atoms with van der Waals surface area (Å²) in [6, 6.07) is 5.00. The molecular weight excluding hydrogens is 340 g/mol. The third-order valence-electron chi connectivity index (χ3n) is 5.15. The molecule has 25 heavy (non-hydrogen) atoms. The monoisotopic (exact) mass is 364 g/mol. The van der Waals surface area contributed by atoms with E-state index in [1.165, 1.54) is 0 Å². The second-order valence-electron chi connectivity index (χ2n) is 7.22. The molecule has 1 aromatic rings. The number of carbonyl (C=O) groups excluding carboxylic acids is 2. The van der Waals surface area contributed by atoms with E-state index in [0.717, 1.165) is 24.1 Å². The summed E-state index contributed by atoms with van der Waals surface area (Å²) in [5.74, 6) is 0.0179. The van der Waals surface area contributed by atoms with Crippen molar-refractivity contribution in [3.63, 3.8) is 0 Å². The van der Waals surface area contributed by atoms with E-state index >= 15 is 0 Å². The van der Waals surface area contributed by atoms with Crippen molar-refractivity contribution in [2.75, 3.05) is 19.4 Å². The van der Waals surface area contributed by atoms with Crippen LogP contribution in [0.4, 0.5) is 5.69 Å². The van der Waals surface area contributed by atoms with Crippen LogP contribution in [0.5, 0.6) is 0 Å². The lowest BCUT2D eigenvalue weighted by molar-refractivity contribution is -0.134. The van der Waals surface area contributed by atoms with E-state index in [4.69, 9.17) is 17.3 Å². The Kier molecular flexibility index (Phi) is 5.20. The van der Waals surface area contributed by atoms with Gasteiger partial charge in [-0.2, -0.15) is 0 Å². The average Bonchev–Trinajstić information content (AvgIpc) is 2.99. The van der Waals surface area contributed by atoms with E-state index in [9.17, 15) is 9.59 Å². The van der Waals surface area contributed by atoms with E-state index < -0.39 is 0 Å². The van der Waals surface area contributed by atoms with E-state index in [-0.39, 0.29) is 35.9 Å². The Labute approximate surface area is 153 Å². The number of nitrogens with two attached hydrogens (primary N) is 1. The van der Waals surface area contributed by atoms with Gasteiger partial charge in [0.2, 0.25) is 11.8 Å². The minimum Gasteiger partial charge on any atom is -0.373 e. The lowest BCUT2D eigenvalue weighted by Crippen LogP contribution is -2.55. The predicted octanol–water partition coefficient (Wildman–Crippen LogP) is 1.38. The Morgan fingerprint density at radius 2 is 2.08 bits per heavy atom. The first-order valence-corrected chi connectivity index (χ1v) is 9.05. The SMILES string of the molecule is CN(C)C(=O)[C@H]1CC[C@H](NC(=O)C2Cc3cc(Cl)ccc3N2)[C@H](N)C1. The molecule has 4 atom stereocenters. The molecule has 1 saturated carbocycles. The minimum atomic E-state index is -0.304. The second-order valence-corrected chi connectivity index (χ2v) is 7.66. The van der Waals surface area contributed by atoms with Crippen LogP contribution in [-0.2, 0) is 16.0 Å². The molecule has 0 radical (unpaired) electrons. The maximum Gasteiger partial charge on any atom is 0.243 e. The van der Waals surface area contributed by atoms with Gasteiger partial charge in [0.15, 0.2) is 0 Å². The predicted molar refractivity (Wildman–Crippen MR) is 98.5 cm³/mol. The fourth-order valence-corrected chi connectivity index (χ4v) is 3.94. The molecule has 1 heterocycles. The molecule has 2 amide bonds. The van der Waals surface area contributed by atoms with Gasteiger partial charge in [-0.15, -0.1) is 0 Å². The molecule has 3 rings (SSSR count). The number of halogens is 1. The van der Waals surface area contributed by atoms with Crippen molar-refractivity contribution in [1.82, 2.24) is 10.2 Å². The zero-order chi connectivity index (χ0) is 18.1. The largest absolute Gasteiger partial charge is 0.373 e. The van der Waals surface area contributed by atoms with Crippen molar-refractivity contribution in [3.05, 3.63) is 28.8 Å². The number of carbonyl (C=O) groups is 2. The van der Waals surface area contributed by atoms with Gasteiger partial charge in [0.25, 0.3) is 0 Å². The summed E-state index contributed by atoms with van der Waals surface area (Å²) in [7, 11) is 3.52. The summed E-state index contributed by atoms with van der Waals surface area (Å²) >= 11 is 6.01. The highest BCUT2D eigenvalue weighted by Crippen LogP contribution is 2.29. The molecule has 1 aliphatic heterocycles. The number of hydrogen-bond acceptors (Lipinski definition) is 4. The number of amides is 2. The average molecular weight is 365 g/mol. The highest BCUT2D eigenvalue weighted by molar-refractivity contribution is 6.30.